The first-order valence-electron chi connectivity index (χ1n) is 9.41. The Morgan fingerprint density at radius 2 is 2.15 bits per heavy atom. The number of benzene rings is 1. The lowest BCUT2D eigenvalue weighted by atomic mass is 9.92. The van der Waals surface area contributed by atoms with Gasteiger partial charge in [-0.25, -0.2) is 0 Å². The number of rotatable bonds is 10. The summed E-state index contributed by atoms with van der Waals surface area (Å²) in [7, 11) is 0. The second kappa shape index (κ2) is 11.4. The molecule has 1 aromatic carbocycles. The zero-order valence-corrected chi connectivity index (χ0v) is 16.1. The van der Waals surface area contributed by atoms with Gasteiger partial charge in [0.05, 0.1) is 6.10 Å². The summed E-state index contributed by atoms with van der Waals surface area (Å²) in [4.78, 5) is 0. The highest BCUT2D eigenvalue weighted by molar-refractivity contribution is 6.30. The van der Waals surface area contributed by atoms with E-state index in [2.05, 4.69) is 24.4 Å². The Morgan fingerprint density at radius 1 is 1.35 bits per heavy atom. The summed E-state index contributed by atoms with van der Waals surface area (Å²) in [5, 5.41) is 24.2. The van der Waals surface area contributed by atoms with Crippen LogP contribution in [0, 0.1) is 5.92 Å². The molecule has 1 aliphatic heterocycles. The molecule has 144 valence electrons. The van der Waals surface area contributed by atoms with Crippen molar-refractivity contribution < 1.29 is 14.9 Å². The number of nitrogens with one attached hydrogen (secondary N) is 1. The summed E-state index contributed by atoms with van der Waals surface area (Å²) in [6, 6.07) is 7.18. The van der Waals surface area contributed by atoms with Gasteiger partial charge in [0, 0.05) is 23.5 Å². The Labute approximate surface area is 161 Å². The molecule has 0 aromatic heterocycles. The Morgan fingerprint density at radius 3 is 2.92 bits per heavy atom. The van der Waals surface area contributed by atoms with Gasteiger partial charge in [0.1, 0.15) is 18.5 Å². The first-order chi connectivity index (χ1) is 12.6. The monoisotopic (exact) mass is 379 g/mol. The summed E-state index contributed by atoms with van der Waals surface area (Å²) < 4.78 is 5.55. The van der Waals surface area contributed by atoms with Crippen LogP contribution in [0.15, 0.2) is 48.6 Å². The van der Waals surface area contributed by atoms with Gasteiger partial charge in [-0.2, -0.15) is 0 Å². The van der Waals surface area contributed by atoms with E-state index >= 15 is 0 Å². The molecule has 4 nitrogen and oxygen atoms in total. The van der Waals surface area contributed by atoms with Gasteiger partial charge in [0.15, 0.2) is 0 Å². The molecule has 0 unspecified atom stereocenters. The van der Waals surface area contributed by atoms with Crippen molar-refractivity contribution in [2.45, 2.75) is 50.9 Å². The van der Waals surface area contributed by atoms with Gasteiger partial charge in [0.25, 0.3) is 0 Å². The summed E-state index contributed by atoms with van der Waals surface area (Å²) in [6.45, 7) is 2.92. The topological polar surface area (TPSA) is 61.7 Å². The minimum Gasteiger partial charge on any atom is -0.491 e. The SMILES string of the molecule is CCC/C=C\CC[C@H]1[C@@H](O)CN[C@@H]1/C=C/[C@@H](O)COc1cccc(Cl)c1. The maximum absolute atomic E-state index is 10.2. The highest BCUT2D eigenvalue weighted by atomic mass is 35.5. The Hall–Kier alpha value is -1.33. The predicted octanol–water partition coefficient (Wildman–Crippen LogP) is 3.72. The minimum absolute atomic E-state index is 0.0744. The molecule has 1 heterocycles. The summed E-state index contributed by atoms with van der Waals surface area (Å²) >= 11 is 5.91. The fraction of sp³-hybridized carbons (Fsp3) is 0.524. The van der Waals surface area contributed by atoms with Crippen LogP contribution in [-0.4, -0.2) is 41.6 Å². The number of allylic oxidation sites excluding steroid dienone is 2. The number of hydrogen-bond donors (Lipinski definition) is 3. The van der Waals surface area contributed by atoms with E-state index in [4.69, 9.17) is 16.3 Å². The van der Waals surface area contributed by atoms with Crippen LogP contribution in [0.4, 0.5) is 0 Å². The molecule has 0 amide bonds. The lowest BCUT2D eigenvalue weighted by Gasteiger charge is -2.18. The van der Waals surface area contributed by atoms with Gasteiger partial charge in [-0.15, -0.1) is 0 Å². The van der Waals surface area contributed by atoms with E-state index in [1.165, 1.54) is 0 Å². The van der Waals surface area contributed by atoms with Crippen LogP contribution >= 0.6 is 11.6 Å². The summed E-state index contributed by atoms with van der Waals surface area (Å²) in [6.07, 6.45) is 11.2. The first kappa shape index (κ1) is 21.0. The molecule has 0 aliphatic carbocycles. The van der Waals surface area contributed by atoms with Gasteiger partial charge in [-0.1, -0.05) is 55.3 Å². The van der Waals surface area contributed by atoms with Crippen molar-refractivity contribution in [1.82, 2.24) is 5.32 Å². The molecule has 0 saturated carbocycles. The number of aliphatic hydroxyl groups excluding tert-OH is 2. The van der Waals surface area contributed by atoms with Crippen LogP contribution in [0.25, 0.3) is 0 Å². The van der Waals surface area contributed by atoms with Crippen LogP contribution in [0.1, 0.15) is 32.6 Å². The molecule has 1 saturated heterocycles. The zero-order valence-electron chi connectivity index (χ0n) is 15.4. The Bertz CT molecular complexity index is 590. The fourth-order valence-electron chi connectivity index (χ4n) is 3.11. The second-order valence-electron chi connectivity index (χ2n) is 6.72. The maximum Gasteiger partial charge on any atom is 0.120 e. The zero-order chi connectivity index (χ0) is 18.8. The van der Waals surface area contributed by atoms with Crippen LogP contribution in [0.2, 0.25) is 5.02 Å². The lowest BCUT2D eigenvalue weighted by molar-refractivity contribution is 0.135. The van der Waals surface area contributed by atoms with Gasteiger partial charge in [-0.05, 0) is 37.5 Å². The molecule has 26 heavy (non-hydrogen) atoms. The average Bonchev–Trinajstić information content (AvgIpc) is 2.98. The number of hydrogen-bond acceptors (Lipinski definition) is 4. The van der Waals surface area contributed by atoms with E-state index in [9.17, 15) is 10.2 Å². The fourth-order valence-corrected chi connectivity index (χ4v) is 3.29. The molecule has 1 aliphatic rings. The molecule has 3 N–H and O–H groups in total. The summed E-state index contributed by atoms with van der Waals surface area (Å²) in [5.74, 6) is 0.801. The van der Waals surface area contributed by atoms with E-state index in [1.54, 1.807) is 24.3 Å². The molecule has 0 radical (unpaired) electrons. The van der Waals surface area contributed by atoms with Crippen molar-refractivity contribution in [3.63, 3.8) is 0 Å². The number of ether oxygens (including phenoxy) is 1. The van der Waals surface area contributed by atoms with Gasteiger partial charge >= 0.3 is 0 Å². The molecule has 4 atom stereocenters. The van der Waals surface area contributed by atoms with E-state index in [0.717, 1.165) is 25.7 Å². The van der Waals surface area contributed by atoms with Gasteiger partial charge < -0.3 is 20.3 Å². The number of aliphatic hydroxyl groups is 2. The third-order valence-corrected chi connectivity index (χ3v) is 4.80. The van der Waals surface area contributed by atoms with E-state index in [1.807, 2.05) is 12.1 Å². The van der Waals surface area contributed by atoms with Crippen molar-refractivity contribution in [3.05, 3.63) is 53.6 Å². The van der Waals surface area contributed by atoms with Crippen molar-refractivity contribution in [3.8, 4) is 5.75 Å². The standard InChI is InChI=1S/C21H30ClNO3/c1-2-3-4-5-6-10-19-20(23-14-21(19)25)12-11-17(24)15-26-18-9-7-8-16(22)13-18/h4-5,7-9,11-13,17,19-21,23-25H,2-3,6,10,14-15H2,1H3/b5-4-,12-11+/t17-,19-,20-,21+/m1/s1. The number of β-amino-alcohol motifs (C(OH)–C–C–N with tert-alkyl or cyclic N) is 1. The van der Waals surface area contributed by atoms with E-state index < -0.39 is 6.10 Å². The predicted molar refractivity (Wildman–Crippen MR) is 107 cm³/mol. The first-order valence-corrected chi connectivity index (χ1v) is 9.79. The van der Waals surface area contributed by atoms with Crippen LogP contribution < -0.4 is 10.1 Å². The Kier molecular flexibility index (Phi) is 9.19. The molecule has 0 bridgehead atoms. The third kappa shape index (κ3) is 7.12. The van der Waals surface area contributed by atoms with Crippen molar-refractivity contribution in [1.29, 1.82) is 0 Å². The van der Waals surface area contributed by atoms with Gasteiger partial charge in [0.2, 0.25) is 0 Å². The van der Waals surface area contributed by atoms with Crippen LogP contribution in [0.5, 0.6) is 5.75 Å². The second-order valence-corrected chi connectivity index (χ2v) is 7.16. The molecule has 5 heteroatoms. The highest BCUT2D eigenvalue weighted by Crippen LogP contribution is 2.23. The normalized spacial score (nSPS) is 24.5. The summed E-state index contributed by atoms with van der Waals surface area (Å²) in [5.41, 5.74) is 0. The van der Waals surface area contributed by atoms with E-state index in [-0.39, 0.29) is 24.7 Å². The quantitative estimate of drug-likeness (QED) is 0.542. The molecule has 1 fully saturated rings. The van der Waals surface area contributed by atoms with Crippen LogP contribution in [0.3, 0.4) is 0 Å². The maximum atomic E-state index is 10.2. The van der Waals surface area contributed by atoms with E-state index in [0.29, 0.717) is 17.3 Å². The van der Waals surface area contributed by atoms with Crippen molar-refractivity contribution in [2.24, 2.45) is 5.92 Å². The molecule has 2 rings (SSSR count). The molecular weight excluding hydrogens is 350 g/mol. The van der Waals surface area contributed by atoms with Crippen LogP contribution in [-0.2, 0) is 0 Å². The minimum atomic E-state index is -0.710. The van der Waals surface area contributed by atoms with Crippen molar-refractivity contribution in [2.75, 3.05) is 13.2 Å². The Balaban J connectivity index is 1.78. The van der Waals surface area contributed by atoms with Crippen molar-refractivity contribution >= 4 is 11.6 Å². The van der Waals surface area contributed by atoms with Gasteiger partial charge in [-0.3, -0.25) is 0 Å². The number of unbranched alkanes of at least 4 members (excludes halogenated alkanes) is 1. The highest BCUT2D eigenvalue weighted by Gasteiger charge is 2.32. The number of halogens is 1. The average molecular weight is 380 g/mol. The molecular formula is C21H30ClNO3. The molecule has 0 spiro atoms. The smallest absolute Gasteiger partial charge is 0.120 e. The third-order valence-electron chi connectivity index (χ3n) is 4.56. The molecule has 1 aromatic rings. The lowest BCUT2D eigenvalue weighted by Crippen LogP contribution is -2.27. The largest absolute Gasteiger partial charge is 0.491 e.